The molecule has 96 valence electrons. The number of carbonyl (C=O) groups is 1. The van der Waals surface area contributed by atoms with Crippen molar-refractivity contribution in [2.24, 2.45) is 0 Å². The second kappa shape index (κ2) is 4.86. The van der Waals surface area contributed by atoms with Crippen molar-refractivity contribution in [3.8, 4) is 11.5 Å². The maximum absolute atomic E-state index is 12.0. The first-order chi connectivity index (χ1) is 8.84. The van der Waals surface area contributed by atoms with Gasteiger partial charge in [0.25, 0.3) is 0 Å². The minimum Gasteiger partial charge on any atom is -0.486 e. The Hall–Kier alpha value is -1.75. The maximum Gasteiger partial charge on any atom is 0.240 e. The van der Waals surface area contributed by atoms with E-state index in [1.54, 1.807) is 4.90 Å². The zero-order chi connectivity index (χ0) is 12.4. The maximum atomic E-state index is 12.0. The van der Waals surface area contributed by atoms with Gasteiger partial charge in [-0.3, -0.25) is 4.79 Å². The smallest absolute Gasteiger partial charge is 0.240 e. The molecule has 0 unspecified atom stereocenters. The first kappa shape index (κ1) is 11.3. The van der Waals surface area contributed by atoms with Crippen molar-refractivity contribution in [3.05, 3.63) is 18.2 Å². The van der Waals surface area contributed by atoms with Crippen LogP contribution in [0.3, 0.4) is 0 Å². The third kappa shape index (κ3) is 2.13. The van der Waals surface area contributed by atoms with Gasteiger partial charge in [0, 0.05) is 18.3 Å². The Labute approximate surface area is 106 Å². The lowest BCUT2D eigenvalue weighted by atomic mass is 10.2. The van der Waals surface area contributed by atoms with E-state index in [4.69, 9.17) is 9.47 Å². The number of nitrogens with zero attached hydrogens (tertiary/aromatic N) is 1. The fourth-order valence-electron chi connectivity index (χ4n) is 2.25. The van der Waals surface area contributed by atoms with Crippen molar-refractivity contribution in [2.75, 3.05) is 37.7 Å². The summed E-state index contributed by atoms with van der Waals surface area (Å²) < 4.78 is 11.0. The number of nitrogens with one attached hydrogen (secondary N) is 1. The van der Waals surface area contributed by atoms with Gasteiger partial charge in [-0.05, 0) is 25.1 Å². The number of hydrogen-bond acceptors (Lipinski definition) is 4. The summed E-state index contributed by atoms with van der Waals surface area (Å²) in [5.41, 5.74) is 0.882. The molecule has 1 amide bonds. The molecule has 0 atom stereocenters. The first-order valence-electron chi connectivity index (χ1n) is 6.25. The van der Waals surface area contributed by atoms with Crippen LogP contribution >= 0.6 is 0 Å². The molecule has 0 aromatic heterocycles. The van der Waals surface area contributed by atoms with E-state index in [1.807, 2.05) is 18.2 Å². The summed E-state index contributed by atoms with van der Waals surface area (Å²) in [6.07, 6.45) is 0.959. The Kier molecular flexibility index (Phi) is 3.06. The summed E-state index contributed by atoms with van der Waals surface area (Å²) >= 11 is 0. The molecule has 1 fully saturated rings. The summed E-state index contributed by atoms with van der Waals surface area (Å²) in [6, 6.07) is 5.67. The number of fused-ring (bicyclic) bond motifs is 1. The zero-order valence-corrected chi connectivity index (χ0v) is 10.1. The molecule has 0 aliphatic carbocycles. The van der Waals surface area contributed by atoms with Crippen LogP contribution in [0.2, 0.25) is 0 Å². The van der Waals surface area contributed by atoms with Crippen molar-refractivity contribution >= 4 is 11.6 Å². The largest absolute Gasteiger partial charge is 0.486 e. The highest BCUT2D eigenvalue weighted by Crippen LogP contribution is 2.34. The van der Waals surface area contributed by atoms with Gasteiger partial charge in [0.05, 0.1) is 6.54 Å². The van der Waals surface area contributed by atoms with Crippen molar-refractivity contribution in [2.45, 2.75) is 6.42 Å². The number of benzene rings is 1. The Morgan fingerprint density at radius 1 is 1.17 bits per heavy atom. The minimum atomic E-state index is 0.101. The van der Waals surface area contributed by atoms with Gasteiger partial charge in [-0.15, -0.1) is 0 Å². The molecule has 0 bridgehead atoms. The second-order valence-corrected chi connectivity index (χ2v) is 4.40. The normalized spacial score (nSPS) is 19.6. The summed E-state index contributed by atoms with van der Waals surface area (Å²) in [4.78, 5) is 13.8. The molecule has 3 rings (SSSR count). The molecule has 2 aliphatic heterocycles. The lowest BCUT2D eigenvalue weighted by molar-refractivity contribution is -0.117. The second-order valence-electron chi connectivity index (χ2n) is 4.40. The SMILES string of the molecule is O=C1CNCCCN1c1ccc2c(c1)OCCO2. The third-order valence-corrected chi connectivity index (χ3v) is 3.15. The van der Waals surface area contributed by atoms with Gasteiger partial charge >= 0.3 is 0 Å². The van der Waals surface area contributed by atoms with E-state index >= 15 is 0 Å². The van der Waals surface area contributed by atoms with Gasteiger partial charge in [0.15, 0.2) is 11.5 Å². The number of anilines is 1. The number of rotatable bonds is 1. The van der Waals surface area contributed by atoms with Crippen LogP contribution in [0.5, 0.6) is 11.5 Å². The number of carbonyl (C=O) groups excluding carboxylic acids is 1. The van der Waals surface area contributed by atoms with Crippen LogP contribution in [0.15, 0.2) is 18.2 Å². The highest BCUT2D eigenvalue weighted by Gasteiger charge is 2.20. The molecule has 18 heavy (non-hydrogen) atoms. The lowest BCUT2D eigenvalue weighted by Gasteiger charge is -2.24. The topological polar surface area (TPSA) is 50.8 Å². The molecule has 2 heterocycles. The zero-order valence-electron chi connectivity index (χ0n) is 10.1. The van der Waals surface area contributed by atoms with Crippen LogP contribution in [0.4, 0.5) is 5.69 Å². The van der Waals surface area contributed by atoms with Crippen LogP contribution in [0.25, 0.3) is 0 Å². The van der Waals surface area contributed by atoms with E-state index in [0.717, 1.165) is 36.7 Å². The fraction of sp³-hybridized carbons (Fsp3) is 0.462. The van der Waals surface area contributed by atoms with Crippen molar-refractivity contribution < 1.29 is 14.3 Å². The molecule has 0 radical (unpaired) electrons. The van der Waals surface area contributed by atoms with E-state index in [0.29, 0.717) is 19.8 Å². The monoisotopic (exact) mass is 248 g/mol. The number of hydrogen-bond donors (Lipinski definition) is 1. The molecular weight excluding hydrogens is 232 g/mol. The van der Waals surface area contributed by atoms with Crippen molar-refractivity contribution in [3.63, 3.8) is 0 Å². The van der Waals surface area contributed by atoms with E-state index < -0.39 is 0 Å². The predicted molar refractivity (Wildman–Crippen MR) is 67.3 cm³/mol. The van der Waals surface area contributed by atoms with Gasteiger partial charge in [0.1, 0.15) is 13.2 Å². The number of amides is 1. The van der Waals surface area contributed by atoms with Gasteiger partial charge in [-0.2, -0.15) is 0 Å². The van der Waals surface area contributed by atoms with Crippen LogP contribution in [0, 0.1) is 0 Å². The molecule has 1 aromatic carbocycles. The highest BCUT2D eigenvalue weighted by atomic mass is 16.6. The Morgan fingerprint density at radius 3 is 2.89 bits per heavy atom. The standard InChI is InChI=1S/C13H16N2O3/c16-13-9-14-4-1-5-15(13)10-2-3-11-12(8-10)18-7-6-17-11/h2-3,8,14H,1,4-7,9H2. The van der Waals surface area contributed by atoms with Crippen LogP contribution < -0.4 is 19.7 Å². The molecule has 1 saturated heterocycles. The van der Waals surface area contributed by atoms with Gasteiger partial charge in [0.2, 0.25) is 5.91 Å². The highest BCUT2D eigenvalue weighted by molar-refractivity contribution is 5.95. The van der Waals surface area contributed by atoms with E-state index in [2.05, 4.69) is 5.32 Å². The van der Waals surface area contributed by atoms with Crippen molar-refractivity contribution in [1.29, 1.82) is 0 Å². The van der Waals surface area contributed by atoms with E-state index in [9.17, 15) is 4.79 Å². The number of ether oxygens (including phenoxy) is 2. The average molecular weight is 248 g/mol. The molecular formula is C13H16N2O3. The Morgan fingerprint density at radius 2 is 2.00 bits per heavy atom. The predicted octanol–water partition coefficient (Wildman–Crippen LogP) is 0.784. The van der Waals surface area contributed by atoms with Crippen LogP contribution in [-0.2, 0) is 4.79 Å². The van der Waals surface area contributed by atoms with Crippen LogP contribution in [-0.4, -0.2) is 38.8 Å². The molecule has 2 aliphatic rings. The summed E-state index contributed by atoms with van der Waals surface area (Å²) in [6.45, 7) is 3.16. The molecule has 0 saturated carbocycles. The quantitative estimate of drug-likeness (QED) is 0.798. The third-order valence-electron chi connectivity index (χ3n) is 3.15. The van der Waals surface area contributed by atoms with Crippen molar-refractivity contribution in [1.82, 2.24) is 5.32 Å². The van der Waals surface area contributed by atoms with Gasteiger partial charge in [-0.1, -0.05) is 0 Å². The molecule has 5 heteroatoms. The molecule has 0 spiro atoms. The minimum absolute atomic E-state index is 0.101. The molecule has 1 N–H and O–H groups in total. The Balaban J connectivity index is 1.88. The first-order valence-corrected chi connectivity index (χ1v) is 6.25. The summed E-state index contributed by atoms with van der Waals surface area (Å²) in [5, 5.41) is 3.11. The fourth-order valence-corrected chi connectivity index (χ4v) is 2.25. The average Bonchev–Trinajstić information content (AvgIpc) is 2.63. The summed E-state index contributed by atoms with van der Waals surface area (Å²) in [5.74, 6) is 1.58. The van der Waals surface area contributed by atoms with Gasteiger partial charge in [-0.25, -0.2) is 0 Å². The molecule has 5 nitrogen and oxygen atoms in total. The Bertz CT molecular complexity index is 462. The van der Waals surface area contributed by atoms with E-state index in [1.165, 1.54) is 0 Å². The summed E-state index contributed by atoms with van der Waals surface area (Å²) in [7, 11) is 0. The van der Waals surface area contributed by atoms with Gasteiger partial charge < -0.3 is 19.7 Å². The van der Waals surface area contributed by atoms with E-state index in [-0.39, 0.29) is 5.91 Å². The van der Waals surface area contributed by atoms with Crippen LogP contribution in [0.1, 0.15) is 6.42 Å². The lowest BCUT2D eigenvalue weighted by Crippen LogP contribution is -2.34. The molecule has 1 aromatic rings.